The van der Waals surface area contributed by atoms with Crippen LogP contribution in [0.4, 0.5) is 5.82 Å². The van der Waals surface area contributed by atoms with Gasteiger partial charge >= 0.3 is 0 Å². The van der Waals surface area contributed by atoms with Gasteiger partial charge in [-0.15, -0.1) is 0 Å². The van der Waals surface area contributed by atoms with Crippen LogP contribution in [0, 0.1) is 5.92 Å². The molecule has 0 spiro atoms. The van der Waals surface area contributed by atoms with Crippen molar-refractivity contribution in [2.75, 3.05) is 18.0 Å². The number of hydrogen-bond acceptors (Lipinski definition) is 4. The van der Waals surface area contributed by atoms with Crippen molar-refractivity contribution in [1.82, 2.24) is 4.98 Å². The summed E-state index contributed by atoms with van der Waals surface area (Å²) in [4.78, 5) is 27.5. The fraction of sp³-hybridized carbons (Fsp3) is 0.417. The molecule has 84 valence electrons. The number of carbonyl (C=O) groups is 2. The number of hydrogen-bond donors (Lipinski definition) is 0. The van der Waals surface area contributed by atoms with E-state index in [0.717, 1.165) is 44.3 Å². The number of anilines is 1. The van der Waals surface area contributed by atoms with Crippen LogP contribution in [0.25, 0.3) is 0 Å². The van der Waals surface area contributed by atoms with Crippen molar-refractivity contribution in [1.29, 1.82) is 0 Å². The molecule has 2 heterocycles. The summed E-state index contributed by atoms with van der Waals surface area (Å²) in [6.07, 6.45) is 5.19. The molecule has 0 aromatic carbocycles. The van der Waals surface area contributed by atoms with Crippen molar-refractivity contribution in [2.45, 2.75) is 12.8 Å². The molecule has 0 unspecified atom stereocenters. The van der Waals surface area contributed by atoms with Crippen molar-refractivity contribution >= 4 is 18.4 Å². The Balaban J connectivity index is 2.02. The van der Waals surface area contributed by atoms with Crippen molar-refractivity contribution in [3.05, 3.63) is 23.9 Å². The van der Waals surface area contributed by atoms with Gasteiger partial charge in [0.1, 0.15) is 12.1 Å². The van der Waals surface area contributed by atoms with E-state index in [1.807, 2.05) is 6.07 Å². The minimum absolute atomic E-state index is 0.200. The first-order valence-corrected chi connectivity index (χ1v) is 5.45. The second kappa shape index (κ2) is 4.88. The summed E-state index contributed by atoms with van der Waals surface area (Å²) >= 11 is 0. The molecule has 16 heavy (non-hydrogen) atoms. The second-order valence-corrected chi connectivity index (χ2v) is 4.03. The molecule has 1 aliphatic heterocycles. The molecule has 0 amide bonds. The first-order chi connectivity index (χ1) is 7.83. The Kier molecular flexibility index (Phi) is 3.29. The summed E-state index contributed by atoms with van der Waals surface area (Å²) in [6.45, 7) is 1.72. The van der Waals surface area contributed by atoms with E-state index in [-0.39, 0.29) is 5.92 Å². The maximum atomic E-state index is 10.6. The predicted octanol–water partition coefficient (Wildman–Crippen LogP) is 1.31. The maximum absolute atomic E-state index is 10.6. The lowest BCUT2D eigenvalue weighted by Crippen LogP contribution is -2.34. The number of rotatable bonds is 3. The third-order valence-electron chi connectivity index (χ3n) is 2.96. The highest BCUT2D eigenvalue weighted by atomic mass is 16.1. The molecule has 2 rings (SSSR count). The van der Waals surface area contributed by atoms with Gasteiger partial charge in [-0.1, -0.05) is 0 Å². The van der Waals surface area contributed by atoms with Gasteiger partial charge in [-0.25, -0.2) is 4.98 Å². The SMILES string of the molecule is O=Cc1ccc(N2CCC(C=O)CC2)nc1. The van der Waals surface area contributed by atoms with E-state index in [1.165, 1.54) is 0 Å². The zero-order valence-electron chi connectivity index (χ0n) is 9.00. The largest absolute Gasteiger partial charge is 0.357 e. The van der Waals surface area contributed by atoms with Gasteiger partial charge in [0.2, 0.25) is 0 Å². The van der Waals surface area contributed by atoms with Crippen molar-refractivity contribution in [2.24, 2.45) is 5.92 Å². The van der Waals surface area contributed by atoms with Gasteiger partial charge in [-0.3, -0.25) is 4.79 Å². The van der Waals surface area contributed by atoms with Gasteiger partial charge in [0.15, 0.2) is 6.29 Å². The Morgan fingerprint density at radius 3 is 2.50 bits per heavy atom. The summed E-state index contributed by atoms with van der Waals surface area (Å²) in [5.41, 5.74) is 0.589. The van der Waals surface area contributed by atoms with E-state index >= 15 is 0 Å². The molecule has 1 aromatic heterocycles. The maximum Gasteiger partial charge on any atom is 0.151 e. The molecule has 1 saturated heterocycles. The van der Waals surface area contributed by atoms with E-state index < -0.39 is 0 Å². The molecule has 0 N–H and O–H groups in total. The topological polar surface area (TPSA) is 50.3 Å². The number of carbonyl (C=O) groups excluding carboxylic acids is 2. The monoisotopic (exact) mass is 218 g/mol. The van der Waals surface area contributed by atoms with Gasteiger partial charge in [-0.2, -0.15) is 0 Å². The molecule has 0 saturated carbocycles. The molecule has 0 aliphatic carbocycles. The van der Waals surface area contributed by atoms with E-state index in [4.69, 9.17) is 0 Å². The quantitative estimate of drug-likeness (QED) is 0.718. The first-order valence-electron chi connectivity index (χ1n) is 5.45. The van der Waals surface area contributed by atoms with Crippen LogP contribution in [-0.4, -0.2) is 30.6 Å². The van der Waals surface area contributed by atoms with Crippen LogP contribution in [0.1, 0.15) is 23.2 Å². The van der Waals surface area contributed by atoms with Gasteiger partial charge in [0.05, 0.1) is 0 Å². The van der Waals surface area contributed by atoms with E-state index in [2.05, 4.69) is 9.88 Å². The summed E-state index contributed by atoms with van der Waals surface area (Å²) in [5.74, 6) is 1.08. The number of aromatic nitrogens is 1. The Hall–Kier alpha value is -1.71. The molecule has 1 aromatic rings. The molecule has 1 aliphatic rings. The average Bonchev–Trinajstić information content (AvgIpc) is 2.39. The summed E-state index contributed by atoms with van der Waals surface area (Å²) in [7, 11) is 0. The van der Waals surface area contributed by atoms with Crippen molar-refractivity contribution < 1.29 is 9.59 Å². The van der Waals surface area contributed by atoms with Gasteiger partial charge in [-0.05, 0) is 25.0 Å². The Morgan fingerprint density at radius 2 is 2.00 bits per heavy atom. The van der Waals surface area contributed by atoms with Crippen LogP contribution < -0.4 is 4.90 Å². The second-order valence-electron chi connectivity index (χ2n) is 4.03. The van der Waals surface area contributed by atoms with Gasteiger partial charge in [0.25, 0.3) is 0 Å². The fourth-order valence-electron chi connectivity index (χ4n) is 1.92. The Morgan fingerprint density at radius 1 is 1.25 bits per heavy atom. The van der Waals surface area contributed by atoms with Crippen LogP contribution in [0.3, 0.4) is 0 Å². The van der Waals surface area contributed by atoms with Crippen molar-refractivity contribution in [3.63, 3.8) is 0 Å². The van der Waals surface area contributed by atoms with Crippen LogP contribution in [0.15, 0.2) is 18.3 Å². The third kappa shape index (κ3) is 2.27. The van der Waals surface area contributed by atoms with Crippen LogP contribution in [-0.2, 0) is 4.79 Å². The molecule has 0 radical (unpaired) electrons. The Bertz CT molecular complexity index is 367. The van der Waals surface area contributed by atoms with E-state index in [0.29, 0.717) is 5.56 Å². The predicted molar refractivity (Wildman–Crippen MR) is 60.6 cm³/mol. The molecule has 4 nitrogen and oxygen atoms in total. The lowest BCUT2D eigenvalue weighted by atomic mass is 9.99. The van der Waals surface area contributed by atoms with Crippen LogP contribution in [0.2, 0.25) is 0 Å². The molecular weight excluding hydrogens is 204 g/mol. The highest BCUT2D eigenvalue weighted by molar-refractivity contribution is 5.74. The normalized spacial score (nSPS) is 17.1. The van der Waals surface area contributed by atoms with Crippen LogP contribution in [0.5, 0.6) is 0 Å². The number of aldehydes is 2. The van der Waals surface area contributed by atoms with Gasteiger partial charge < -0.3 is 9.69 Å². The molecule has 0 bridgehead atoms. The number of nitrogens with zero attached hydrogens (tertiary/aromatic N) is 2. The van der Waals surface area contributed by atoms with Crippen molar-refractivity contribution in [3.8, 4) is 0 Å². The lowest BCUT2D eigenvalue weighted by molar-refractivity contribution is -0.111. The highest BCUT2D eigenvalue weighted by Crippen LogP contribution is 2.20. The fourth-order valence-corrected chi connectivity index (χ4v) is 1.92. The van der Waals surface area contributed by atoms with E-state index in [9.17, 15) is 9.59 Å². The summed E-state index contributed by atoms with van der Waals surface area (Å²) in [5, 5.41) is 0. The lowest BCUT2D eigenvalue weighted by Gasteiger charge is -2.30. The minimum atomic E-state index is 0.200. The van der Waals surface area contributed by atoms with E-state index in [1.54, 1.807) is 12.3 Å². The standard InChI is InChI=1S/C12H14N2O2/c15-8-10-3-5-14(6-4-10)12-2-1-11(9-16)7-13-12/h1-2,7-10H,3-6H2. The average molecular weight is 218 g/mol. The Labute approximate surface area is 94.3 Å². The summed E-state index contributed by atoms with van der Waals surface area (Å²) < 4.78 is 0. The minimum Gasteiger partial charge on any atom is -0.357 e. The molecule has 1 fully saturated rings. The van der Waals surface area contributed by atoms with Gasteiger partial charge in [0, 0.05) is 30.8 Å². The zero-order valence-corrected chi connectivity index (χ0v) is 9.00. The van der Waals surface area contributed by atoms with Crippen LogP contribution >= 0.6 is 0 Å². The summed E-state index contributed by atoms with van der Waals surface area (Å²) in [6, 6.07) is 3.62. The number of pyridine rings is 1. The first kappa shape index (κ1) is 10.8. The zero-order chi connectivity index (χ0) is 11.4. The molecule has 4 heteroatoms. The third-order valence-corrected chi connectivity index (χ3v) is 2.96. The number of piperidine rings is 1. The molecular formula is C12H14N2O2. The highest BCUT2D eigenvalue weighted by Gasteiger charge is 2.19. The molecule has 0 atom stereocenters. The smallest absolute Gasteiger partial charge is 0.151 e.